The maximum atomic E-state index is 5.51. The van der Waals surface area contributed by atoms with E-state index in [1.807, 2.05) is 19.1 Å². The molecule has 2 heterocycles. The number of ether oxygens (including phenoxy) is 1. The average Bonchev–Trinajstić information content (AvgIpc) is 2.74. The lowest BCUT2D eigenvalue weighted by Crippen LogP contribution is -2.03. The SMILES string of the molecule is CCOc1cccnc1NCc1ccc(C)s1. The van der Waals surface area contributed by atoms with Crippen LogP contribution in [0.2, 0.25) is 0 Å². The summed E-state index contributed by atoms with van der Waals surface area (Å²) in [6.45, 7) is 5.52. The molecule has 2 aromatic rings. The first-order valence-corrected chi connectivity index (χ1v) is 6.48. The molecule has 0 atom stereocenters. The number of aryl methyl sites for hydroxylation is 1. The van der Waals surface area contributed by atoms with Gasteiger partial charge in [-0.15, -0.1) is 11.3 Å². The Kier molecular flexibility index (Phi) is 3.98. The first kappa shape index (κ1) is 11.9. The van der Waals surface area contributed by atoms with E-state index >= 15 is 0 Å². The van der Waals surface area contributed by atoms with Crippen molar-refractivity contribution in [2.45, 2.75) is 20.4 Å². The quantitative estimate of drug-likeness (QED) is 0.879. The lowest BCUT2D eigenvalue weighted by molar-refractivity contribution is 0.340. The van der Waals surface area contributed by atoms with Crippen LogP contribution in [0.1, 0.15) is 16.7 Å². The summed E-state index contributed by atoms with van der Waals surface area (Å²) < 4.78 is 5.51. The van der Waals surface area contributed by atoms with E-state index in [4.69, 9.17) is 4.74 Å². The fourth-order valence-electron chi connectivity index (χ4n) is 1.55. The van der Waals surface area contributed by atoms with Gasteiger partial charge in [-0.05, 0) is 38.1 Å². The summed E-state index contributed by atoms with van der Waals surface area (Å²) in [7, 11) is 0. The minimum atomic E-state index is 0.651. The molecular weight excluding hydrogens is 232 g/mol. The number of hydrogen-bond acceptors (Lipinski definition) is 4. The molecule has 3 nitrogen and oxygen atoms in total. The summed E-state index contributed by atoms with van der Waals surface area (Å²) in [5, 5.41) is 3.30. The van der Waals surface area contributed by atoms with Gasteiger partial charge in [0.15, 0.2) is 11.6 Å². The molecule has 2 rings (SSSR count). The predicted molar refractivity (Wildman–Crippen MR) is 71.8 cm³/mol. The third-order valence-electron chi connectivity index (χ3n) is 2.30. The molecule has 0 aliphatic heterocycles. The Labute approximate surface area is 105 Å². The standard InChI is InChI=1S/C13H16N2OS/c1-3-16-12-5-4-8-14-13(12)15-9-11-7-6-10(2)17-11/h4-8H,3,9H2,1-2H3,(H,14,15). The lowest BCUT2D eigenvalue weighted by Gasteiger charge is -2.09. The fourth-order valence-corrected chi connectivity index (χ4v) is 2.38. The van der Waals surface area contributed by atoms with Crippen LogP contribution in [0.25, 0.3) is 0 Å². The van der Waals surface area contributed by atoms with Gasteiger partial charge in [0.1, 0.15) is 0 Å². The Morgan fingerprint density at radius 3 is 2.94 bits per heavy atom. The summed E-state index contributed by atoms with van der Waals surface area (Å²) >= 11 is 1.80. The predicted octanol–water partition coefficient (Wildman–Crippen LogP) is 3.46. The highest BCUT2D eigenvalue weighted by Crippen LogP contribution is 2.22. The van der Waals surface area contributed by atoms with Crippen LogP contribution in [-0.2, 0) is 6.54 Å². The molecule has 0 saturated carbocycles. The van der Waals surface area contributed by atoms with Crippen LogP contribution >= 0.6 is 11.3 Å². The molecule has 0 bridgehead atoms. The largest absolute Gasteiger partial charge is 0.490 e. The van der Waals surface area contributed by atoms with Gasteiger partial charge >= 0.3 is 0 Å². The van der Waals surface area contributed by atoms with Gasteiger partial charge in [-0.3, -0.25) is 0 Å². The topological polar surface area (TPSA) is 34.1 Å². The molecule has 1 N–H and O–H groups in total. The van der Waals surface area contributed by atoms with Crippen LogP contribution in [0.15, 0.2) is 30.5 Å². The molecule has 2 aromatic heterocycles. The lowest BCUT2D eigenvalue weighted by atomic mass is 10.4. The normalized spacial score (nSPS) is 10.2. The van der Waals surface area contributed by atoms with Crippen molar-refractivity contribution in [1.82, 2.24) is 4.98 Å². The number of pyridine rings is 1. The highest BCUT2D eigenvalue weighted by atomic mass is 32.1. The minimum Gasteiger partial charge on any atom is -0.490 e. The van der Waals surface area contributed by atoms with Gasteiger partial charge in [0, 0.05) is 16.0 Å². The van der Waals surface area contributed by atoms with Crippen molar-refractivity contribution in [2.75, 3.05) is 11.9 Å². The van der Waals surface area contributed by atoms with Crippen molar-refractivity contribution in [3.05, 3.63) is 40.2 Å². The monoisotopic (exact) mass is 248 g/mol. The molecule has 0 amide bonds. The van der Waals surface area contributed by atoms with Gasteiger partial charge in [-0.1, -0.05) is 0 Å². The van der Waals surface area contributed by atoms with Gasteiger partial charge in [0.2, 0.25) is 0 Å². The van der Waals surface area contributed by atoms with Gasteiger partial charge in [-0.2, -0.15) is 0 Å². The van der Waals surface area contributed by atoms with E-state index in [2.05, 4.69) is 29.4 Å². The van der Waals surface area contributed by atoms with E-state index in [0.29, 0.717) is 6.61 Å². The second-order valence-corrected chi connectivity index (χ2v) is 5.02. The van der Waals surface area contributed by atoms with E-state index in [0.717, 1.165) is 18.1 Å². The van der Waals surface area contributed by atoms with Crippen molar-refractivity contribution in [3.63, 3.8) is 0 Å². The van der Waals surface area contributed by atoms with E-state index < -0.39 is 0 Å². The first-order chi connectivity index (χ1) is 8.29. The maximum absolute atomic E-state index is 5.51. The third-order valence-corrected chi connectivity index (χ3v) is 3.30. The molecule has 0 aliphatic rings. The molecule has 0 radical (unpaired) electrons. The summed E-state index contributed by atoms with van der Waals surface area (Å²) in [6, 6.07) is 8.07. The molecular formula is C13H16N2OS. The van der Waals surface area contributed by atoms with Crippen molar-refractivity contribution in [1.29, 1.82) is 0 Å². The van der Waals surface area contributed by atoms with Gasteiger partial charge in [0.25, 0.3) is 0 Å². The number of thiophene rings is 1. The zero-order valence-electron chi connectivity index (χ0n) is 10.1. The molecule has 0 unspecified atom stereocenters. The van der Waals surface area contributed by atoms with Gasteiger partial charge in [-0.25, -0.2) is 4.98 Å². The number of anilines is 1. The van der Waals surface area contributed by atoms with Crippen molar-refractivity contribution >= 4 is 17.2 Å². The number of rotatable bonds is 5. The summed E-state index contributed by atoms with van der Waals surface area (Å²) in [5.74, 6) is 1.61. The second kappa shape index (κ2) is 5.68. The molecule has 0 saturated heterocycles. The van der Waals surface area contributed by atoms with Crippen molar-refractivity contribution in [3.8, 4) is 5.75 Å². The zero-order chi connectivity index (χ0) is 12.1. The van der Waals surface area contributed by atoms with Crippen molar-refractivity contribution < 1.29 is 4.74 Å². The summed E-state index contributed by atoms with van der Waals surface area (Å²) in [5.41, 5.74) is 0. The van der Waals surface area contributed by atoms with Crippen molar-refractivity contribution in [2.24, 2.45) is 0 Å². The number of nitrogens with zero attached hydrogens (tertiary/aromatic N) is 1. The van der Waals surface area contributed by atoms with Crippen LogP contribution in [0.3, 0.4) is 0 Å². The molecule has 90 valence electrons. The highest BCUT2D eigenvalue weighted by molar-refractivity contribution is 7.11. The number of nitrogens with one attached hydrogen (secondary N) is 1. The van der Waals surface area contributed by atoms with Gasteiger partial charge in [0.05, 0.1) is 13.2 Å². The van der Waals surface area contributed by atoms with Crippen LogP contribution in [0.5, 0.6) is 5.75 Å². The van der Waals surface area contributed by atoms with E-state index in [1.165, 1.54) is 9.75 Å². The highest BCUT2D eigenvalue weighted by Gasteiger charge is 2.04. The van der Waals surface area contributed by atoms with E-state index in [-0.39, 0.29) is 0 Å². The smallest absolute Gasteiger partial charge is 0.169 e. The molecule has 4 heteroatoms. The van der Waals surface area contributed by atoms with E-state index in [1.54, 1.807) is 17.5 Å². The fraction of sp³-hybridized carbons (Fsp3) is 0.308. The van der Waals surface area contributed by atoms with Gasteiger partial charge < -0.3 is 10.1 Å². The average molecular weight is 248 g/mol. The maximum Gasteiger partial charge on any atom is 0.169 e. The van der Waals surface area contributed by atoms with Crippen LogP contribution in [-0.4, -0.2) is 11.6 Å². The summed E-state index contributed by atoms with van der Waals surface area (Å²) in [6.07, 6.45) is 1.77. The van der Waals surface area contributed by atoms with Crippen LogP contribution in [0, 0.1) is 6.92 Å². The number of aromatic nitrogens is 1. The molecule has 0 aliphatic carbocycles. The Hall–Kier alpha value is -1.55. The molecule has 0 fully saturated rings. The first-order valence-electron chi connectivity index (χ1n) is 5.66. The second-order valence-electron chi connectivity index (χ2n) is 3.65. The Bertz CT molecular complexity index is 482. The molecule has 17 heavy (non-hydrogen) atoms. The summed E-state index contributed by atoms with van der Waals surface area (Å²) in [4.78, 5) is 6.92. The Morgan fingerprint density at radius 1 is 1.35 bits per heavy atom. The molecule has 0 aromatic carbocycles. The third kappa shape index (κ3) is 3.20. The van der Waals surface area contributed by atoms with E-state index in [9.17, 15) is 0 Å². The number of hydrogen-bond donors (Lipinski definition) is 1. The minimum absolute atomic E-state index is 0.651. The Balaban J connectivity index is 2.03. The molecule has 0 spiro atoms. The van der Waals surface area contributed by atoms with Crippen LogP contribution < -0.4 is 10.1 Å². The zero-order valence-corrected chi connectivity index (χ0v) is 10.9. The Morgan fingerprint density at radius 2 is 2.24 bits per heavy atom. The van der Waals surface area contributed by atoms with Crippen LogP contribution in [0.4, 0.5) is 5.82 Å².